The van der Waals surface area contributed by atoms with Crippen LogP contribution >= 0.6 is 0 Å². The first-order valence-electron chi connectivity index (χ1n) is 18.3. The van der Waals surface area contributed by atoms with Crippen LogP contribution < -0.4 is 0 Å². The number of aromatic hydroxyl groups is 4. The van der Waals surface area contributed by atoms with Crippen LogP contribution in [0.2, 0.25) is 0 Å². The van der Waals surface area contributed by atoms with Crippen LogP contribution in [0.1, 0.15) is 0 Å². The summed E-state index contributed by atoms with van der Waals surface area (Å²) in [5, 5.41) is 40.1. The molecule has 58 heavy (non-hydrogen) atoms. The molecular weight excluding hydrogens is 723 g/mol. The Kier molecular flexibility index (Phi) is 12.1. The van der Waals surface area contributed by atoms with Gasteiger partial charge in [0, 0.05) is 46.4 Å². The number of para-hydroxylation sites is 4. The highest BCUT2D eigenvalue weighted by Crippen LogP contribution is 2.36. The Morgan fingerprint density at radius 3 is 0.914 bits per heavy atom. The van der Waals surface area contributed by atoms with E-state index >= 15 is 0 Å². The highest BCUT2D eigenvalue weighted by molar-refractivity contribution is 5.79. The molecular formula is C49H37N5O4. The zero-order valence-electron chi connectivity index (χ0n) is 31.1. The molecule has 0 spiro atoms. The number of rotatable bonds is 6. The van der Waals surface area contributed by atoms with Crippen LogP contribution in [0.15, 0.2) is 201 Å². The van der Waals surface area contributed by atoms with Crippen molar-refractivity contribution in [2.75, 3.05) is 0 Å². The van der Waals surface area contributed by atoms with Gasteiger partial charge >= 0.3 is 0 Å². The van der Waals surface area contributed by atoms with E-state index in [1.165, 1.54) is 0 Å². The quantitative estimate of drug-likeness (QED) is 0.130. The number of aromatic nitrogens is 5. The summed E-state index contributed by atoms with van der Waals surface area (Å²) in [6.45, 7) is 0. The molecule has 9 heteroatoms. The molecule has 0 saturated carbocycles. The van der Waals surface area contributed by atoms with Gasteiger partial charge in [0.05, 0.1) is 39.9 Å². The molecule has 4 N–H and O–H groups in total. The van der Waals surface area contributed by atoms with Gasteiger partial charge in [-0.3, -0.25) is 15.0 Å². The van der Waals surface area contributed by atoms with Crippen molar-refractivity contribution in [1.82, 2.24) is 24.9 Å². The SMILES string of the molecule is Oc1c(-c2ccccn2)cccc1-c1ccccn1.Oc1ccccc1-c1cccc(-c2ccccc2O)n1.Oc1ccccc1-c1cccc(-c2ccccn2)n1. The molecule has 0 saturated heterocycles. The second-order valence-electron chi connectivity index (χ2n) is 12.7. The molecule has 282 valence electrons. The van der Waals surface area contributed by atoms with Gasteiger partial charge in [0.25, 0.3) is 0 Å². The van der Waals surface area contributed by atoms with Crippen LogP contribution in [0, 0.1) is 0 Å². The monoisotopic (exact) mass is 759 g/mol. The molecule has 0 bridgehead atoms. The molecule has 0 aliphatic heterocycles. The number of hydrogen-bond donors (Lipinski definition) is 4. The van der Waals surface area contributed by atoms with Gasteiger partial charge in [0.2, 0.25) is 0 Å². The van der Waals surface area contributed by atoms with E-state index in [1.54, 1.807) is 55.0 Å². The van der Waals surface area contributed by atoms with E-state index in [9.17, 15) is 20.4 Å². The maximum absolute atomic E-state index is 10.4. The summed E-state index contributed by atoms with van der Waals surface area (Å²) < 4.78 is 0. The Balaban J connectivity index is 0.000000132. The van der Waals surface area contributed by atoms with Crippen molar-refractivity contribution in [2.45, 2.75) is 0 Å². The molecule has 0 atom stereocenters. The number of benzene rings is 4. The fourth-order valence-corrected chi connectivity index (χ4v) is 6.05. The number of phenolic OH excluding ortho intramolecular Hbond substituents is 4. The van der Waals surface area contributed by atoms with Crippen molar-refractivity contribution < 1.29 is 20.4 Å². The molecule has 0 radical (unpaired) electrons. The summed E-state index contributed by atoms with van der Waals surface area (Å²) in [5.74, 6) is 0.817. The minimum absolute atomic E-state index is 0.189. The first kappa shape index (κ1) is 38.1. The van der Waals surface area contributed by atoms with Gasteiger partial charge in [0.1, 0.15) is 23.0 Å². The molecule has 9 rings (SSSR count). The second kappa shape index (κ2) is 18.4. The van der Waals surface area contributed by atoms with E-state index in [-0.39, 0.29) is 23.0 Å². The van der Waals surface area contributed by atoms with Crippen LogP contribution in [0.4, 0.5) is 0 Å². The Hall–Kier alpha value is -8.17. The molecule has 5 heterocycles. The Bertz CT molecular complexity index is 2610. The molecule has 4 aromatic carbocycles. The second-order valence-corrected chi connectivity index (χ2v) is 12.7. The predicted molar refractivity (Wildman–Crippen MR) is 228 cm³/mol. The molecule has 0 unspecified atom stereocenters. The highest BCUT2D eigenvalue weighted by atomic mass is 16.3. The molecule has 9 aromatic rings. The zero-order valence-corrected chi connectivity index (χ0v) is 31.1. The predicted octanol–water partition coefficient (Wildman–Crippen LogP) is 10.9. The maximum atomic E-state index is 10.4. The topological polar surface area (TPSA) is 145 Å². The van der Waals surface area contributed by atoms with Gasteiger partial charge in [-0.15, -0.1) is 0 Å². The lowest BCUT2D eigenvalue weighted by molar-refractivity contribution is 0.476. The van der Waals surface area contributed by atoms with Gasteiger partial charge in [-0.1, -0.05) is 72.8 Å². The zero-order chi connectivity index (χ0) is 40.1. The lowest BCUT2D eigenvalue weighted by Gasteiger charge is -2.08. The molecule has 5 aromatic heterocycles. The van der Waals surface area contributed by atoms with Crippen LogP contribution in [0.3, 0.4) is 0 Å². The van der Waals surface area contributed by atoms with Crippen molar-refractivity contribution in [3.63, 3.8) is 0 Å². The number of phenols is 4. The van der Waals surface area contributed by atoms with Crippen molar-refractivity contribution >= 4 is 0 Å². The largest absolute Gasteiger partial charge is 0.507 e. The number of pyridine rings is 5. The van der Waals surface area contributed by atoms with E-state index in [4.69, 9.17) is 0 Å². The fourth-order valence-electron chi connectivity index (χ4n) is 6.05. The first-order chi connectivity index (χ1) is 28.5. The van der Waals surface area contributed by atoms with Crippen LogP contribution in [0.25, 0.3) is 67.7 Å². The third-order valence-corrected chi connectivity index (χ3v) is 8.88. The molecule has 0 fully saturated rings. The smallest absolute Gasteiger partial charge is 0.134 e. The molecule has 0 aliphatic carbocycles. The summed E-state index contributed by atoms with van der Waals surface area (Å²) in [7, 11) is 0. The first-order valence-corrected chi connectivity index (χ1v) is 18.3. The van der Waals surface area contributed by atoms with Gasteiger partial charge in [-0.05, 0) is 109 Å². The summed E-state index contributed by atoms with van der Waals surface area (Å²) in [6.07, 6.45) is 5.16. The maximum Gasteiger partial charge on any atom is 0.134 e. The average Bonchev–Trinajstić information content (AvgIpc) is 3.28. The molecule has 0 aliphatic rings. The Morgan fingerprint density at radius 1 is 0.241 bits per heavy atom. The van der Waals surface area contributed by atoms with E-state index < -0.39 is 0 Å². The molecule has 0 amide bonds. The Labute approximate surface area is 335 Å². The van der Waals surface area contributed by atoms with Gasteiger partial charge in [0.15, 0.2) is 0 Å². The summed E-state index contributed by atoms with van der Waals surface area (Å²) >= 11 is 0. The van der Waals surface area contributed by atoms with Gasteiger partial charge in [-0.2, -0.15) is 0 Å². The number of hydrogen-bond acceptors (Lipinski definition) is 9. The van der Waals surface area contributed by atoms with E-state index in [1.807, 2.05) is 146 Å². The lowest BCUT2D eigenvalue weighted by Crippen LogP contribution is -1.89. The van der Waals surface area contributed by atoms with Gasteiger partial charge < -0.3 is 20.4 Å². The van der Waals surface area contributed by atoms with Crippen molar-refractivity contribution in [2.24, 2.45) is 0 Å². The minimum atomic E-state index is 0.189. The van der Waals surface area contributed by atoms with Crippen molar-refractivity contribution in [3.8, 4) is 90.7 Å². The van der Waals surface area contributed by atoms with Crippen molar-refractivity contribution in [1.29, 1.82) is 0 Å². The van der Waals surface area contributed by atoms with E-state index in [2.05, 4.69) is 24.9 Å². The fraction of sp³-hybridized carbons (Fsp3) is 0. The average molecular weight is 760 g/mol. The summed E-state index contributed by atoms with van der Waals surface area (Å²) in [5.41, 5.74) is 8.67. The third-order valence-electron chi connectivity index (χ3n) is 8.88. The van der Waals surface area contributed by atoms with Crippen LogP contribution in [-0.2, 0) is 0 Å². The number of nitrogens with zero attached hydrogens (tertiary/aromatic N) is 5. The van der Waals surface area contributed by atoms with E-state index in [0.717, 1.165) is 34.0 Å². The summed E-state index contributed by atoms with van der Waals surface area (Å²) in [4.78, 5) is 21.9. The lowest BCUT2D eigenvalue weighted by atomic mass is 10.0. The van der Waals surface area contributed by atoms with Crippen molar-refractivity contribution in [3.05, 3.63) is 201 Å². The molecule has 9 nitrogen and oxygen atoms in total. The standard InChI is InChI=1S/C17H13NO2.2C16H12N2O/c19-16-10-3-1-6-12(16)14-8-5-9-15(18-14)13-7-2-4-11-17(13)20;19-16-12(14-8-1-3-10-17-14)6-5-7-13(16)15-9-2-4-11-18-15;19-16-10-2-1-6-12(16)13-8-5-9-15(18-13)14-7-3-4-11-17-14/h1-11,19-20H;2*1-11,19H. The van der Waals surface area contributed by atoms with Crippen LogP contribution in [0.5, 0.6) is 23.0 Å². The highest BCUT2D eigenvalue weighted by Gasteiger charge is 2.12. The normalized spacial score (nSPS) is 10.3. The third kappa shape index (κ3) is 9.19. The Morgan fingerprint density at radius 2 is 0.534 bits per heavy atom. The van der Waals surface area contributed by atoms with E-state index in [0.29, 0.717) is 33.6 Å². The minimum Gasteiger partial charge on any atom is -0.507 e. The van der Waals surface area contributed by atoms with Gasteiger partial charge in [-0.25, -0.2) is 9.97 Å². The summed E-state index contributed by atoms with van der Waals surface area (Å²) in [6, 6.07) is 55.1. The van der Waals surface area contributed by atoms with Crippen LogP contribution in [-0.4, -0.2) is 45.3 Å².